The highest BCUT2D eigenvalue weighted by Gasteiger charge is 2.21. The zero-order valence-corrected chi connectivity index (χ0v) is 10.9. The van der Waals surface area contributed by atoms with E-state index in [0.717, 1.165) is 38.1 Å². The lowest BCUT2D eigenvalue weighted by Crippen LogP contribution is -2.30. The smallest absolute Gasteiger partial charge is 0.123 e. The largest absolute Gasteiger partial charge is 0.488 e. The Morgan fingerprint density at radius 1 is 1.17 bits per heavy atom. The molecule has 3 nitrogen and oxygen atoms in total. The number of aliphatic hydroxyl groups is 1. The second-order valence-electron chi connectivity index (χ2n) is 4.89. The van der Waals surface area contributed by atoms with Crippen molar-refractivity contribution in [1.82, 2.24) is 5.32 Å². The first-order valence-corrected chi connectivity index (χ1v) is 6.96. The van der Waals surface area contributed by atoms with Crippen molar-refractivity contribution in [2.45, 2.75) is 38.2 Å². The van der Waals surface area contributed by atoms with E-state index in [-0.39, 0.29) is 0 Å². The zero-order chi connectivity index (χ0) is 12.6. The van der Waals surface area contributed by atoms with Crippen LogP contribution in [0.3, 0.4) is 0 Å². The highest BCUT2D eigenvalue weighted by Crippen LogP contribution is 2.27. The number of rotatable bonds is 8. The van der Waals surface area contributed by atoms with Crippen LogP contribution in [-0.2, 0) is 6.42 Å². The molecule has 0 fully saturated rings. The van der Waals surface area contributed by atoms with Gasteiger partial charge >= 0.3 is 0 Å². The molecular formula is C15H23NO2. The van der Waals surface area contributed by atoms with Crippen LogP contribution >= 0.6 is 0 Å². The van der Waals surface area contributed by atoms with E-state index < -0.39 is 0 Å². The first-order valence-electron chi connectivity index (χ1n) is 6.96. The quantitative estimate of drug-likeness (QED) is 0.694. The normalized spacial score (nSPS) is 17.5. The summed E-state index contributed by atoms with van der Waals surface area (Å²) in [6, 6.07) is 8.28. The van der Waals surface area contributed by atoms with E-state index in [1.165, 1.54) is 18.4 Å². The van der Waals surface area contributed by atoms with Gasteiger partial charge in [0.2, 0.25) is 0 Å². The Labute approximate surface area is 109 Å². The monoisotopic (exact) mass is 249 g/mol. The molecule has 0 saturated carbocycles. The van der Waals surface area contributed by atoms with Gasteiger partial charge < -0.3 is 15.2 Å². The van der Waals surface area contributed by atoms with Gasteiger partial charge in [0.15, 0.2) is 0 Å². The van der Waals surface area contributed by atoms with E-state index in [4.69, 9.17) is 9.84 Å². The van der Waals surface area contributed by atoms with Crippen LogP contribution in [0.2, 0.25) is 0 Å². The van der Waals surface area contributed by atoms with E-state index in [0.29, 0.717) is 12.7 Å². The minimum Gasteiger partial charge on any atom is -0.488 e. The highest BCUT2D eigenvalue weighted by molar-refractivity contribution is 5.37. The summed E-state index contributed by atoms with van der Waals surface area (Å²) in [7, 11) is 0. The number of aliphatic hydroxyl groups excluding tert-OH is 1. The Hall–Kier alpha value is -1.06. The van der Waals surface area contributed by atoms with Gasteiger partial charge in [0.05, 0.1) is 0 Å². The maximum Gasteiger partial charge on any atom is 0.123 e. The van der Waals surface area contributed by atoms with Gasteiger partial charge in [0.25, 0.3) is 0 Å². The molecule has 3 heteroatoms. The molecule has 1 aromatic carbocycles. The minimum absolute atomic E-state index is 0.292. The molecule has 1 heterocycles. The Kier molecular flexibility index (Phi) is 5.49. The topological polar surface area (TPSA) is 41.5 Å². The molecule has 1 atom stereocenters. The van der Waals surface area contributed by atoms with Gasteiger partial charge in [0.1, 0.15) is 11.9 Å². The van der Waals surface area contributed by atoms with Crippen LogP contribution in [0, 0.1) is 0 Å². The number of ether oxygens (including phenoxy) is 1. The lowest BCUT2D eigenvalue weighted by Gasteiger charge is -2.11. The predicted molar refractivity (Wildman–Crippen MR) is 73.0 cm³/mol. The Bertz CT molecular complexity index is 329. The van der Waals surface area contributed by atoms with Crippen molar-refractivity contribution in [3.05, 3.63) is 29.8 Å². The molecule has 2 rings (SSSR count). The van der Waals surface area contributed by atoms with Gasteiger partial charge in [-0.05, 0) is 31.0 Å². The van der Waals surface area contributed by atoms with Crippen LogP contribution < -0.4 is 10.1 Å². The standard InChI is InChI=1S/C15H23NO2/c17-10-6-2-1-5-9-16-12-14-11-13-7-3-4-8-15(13)18-14/h3-4,7-8,14,16-17H,1-2,5-6,9-12H2. The number of unbranched alkanes of at least 4 members (excludes halogenated alkanes) is 3. The molecule has 100 valence electrons. The van der Waals surface area contributed by atoms with Gasteiger partial charge in [-0.1, -0.05) is 31.0 Å². The van der Waals surface area contributed by atoms with Gasteiger partial charge in [-0.2, -0.15) is 0 Å². The van der Waals surface area contributed by atoms with Crippen LogP contribution in [0.5, 0.6) is 5.75 Å². The van der Waals surface area contributed by atoms with Crippen molar-refractivity contribution in [2.24, 2.45) is 0 Å². The fraction of sp³-hybridized carbons (Fsp3) is 0.600. The van der Waals surface area contributed by atoms with Crippen molar-refractivity contribution < 1.29 is 9.84 Å². The minimum atomic E-state index is 0.292. The van der Waals surface area contributed by atoms with Crippen molar-refractivity contribution in [2.75, 3.05) is 19.7 Å². The molecule has 18 heavy (non-hydrogen) atoms. The maximum atomic E-state index is 8.67. The van der Waals surface area contributed by atoms with Gasteiger partial charge in [-0.3, -0.25) is 0 Å². The van der Waals surface area contributed by atoms with Gasteiger partial charge in [-0.25, -0.2) is 0 Å². The third-order valence-electron chi connectivity index (χ3n) is 3.35. The number of hydrogen-bond acceptors (Lipinski definition) is 3. The highest BCUT2D eigenvalue weighted by atomic mass is 16.5. The van der Waals surface area contributed by atoms with Crippen LogP contribution in [0.25, 0.3) is 0 Å². The summed E-state index contributed by atoms with van der Waals surface area (Å²) < 4.78 is 5.86. The summed E-state index contributed by atoms with van der Waals surface area (Å²) in [4.78, 5) is 0. The average molecular weight is 249 g/mol. The average Bonchev–Trinajstić information content (AvgIpc) is 2.80. The second-order valence-corrected chi connectivity index (χ2v) is 4.89. The molecule has 0 radical (unpaired) electrons. The molecule has 0 amide bonds. The fourth-order valence-electron chi connectivity index (χ4n) is 2.35. The van der Waals surface area contributed by atoms with Crippen molar-refractivity contribution in [3.8, 4) is 5.75 Å². The van der Waals surface area contributed by atoms with E-state index in [1.807, 2.05) is 12.1 Å². The first-order chi connectivity index (χ1) is 8.90. The lowest BCUT2D eigenvalue weighted by atomic mass is 10.1. The van der Waals surface area contributed by atoms with Crippen LogP contribution in [0.1, 0.15) is 31.2 Å². The van der Waals surface area contributed by atoms with Crippen molar-refractivity contribution in [3.63, 3.8) is 0 Å². The van der Waals surface area contributed by atoms with E-state index >= 15 is 0 Å². The molecular weight excluding hydrogens is 226 g/mol. The Balaban J connectivity index is 1.54. The van der Waals surface area contributed by atoms with E-state index in [9.17, 15) is 0 Å². The van der Waals surface area contributed by atoms with Crippen molar-refractivity contribution >= 4 is 0 Å². The maximum absolute atomic E-state index is 8.67. The number of fused-ring (bicyclic) bond motifs is 1. The second kappa shape index (κ2) is 7.39. The van der Waals surface area contributed by atoms with Gasteiger partial charge in [-0.15, -0.1) is 0 Å². The summed E-state index contributed by atoms with van der Waals surface area (Å²) in [5, 5.41) is 12.1. The van der Waals surface area contributed by atoms with Crippen LogP contribution in [-0.4, -0.2) is 30.9 Å². The van der Waals surface area contributed by atoms with E-state index in [2.05, 4.69) is 17.4 Å². The number of para-hydroxylation sites is 1. The molecule has 0 aliphatic carbocycles. The molecule has 1 aliphatic heterocycles. The van der Waals surface area contributed by atoms with E-state index in [1.54, 1.807) is 0 Å². The first kappa shape index (κ1) is 13.4. The third-order valence-corrected chi connectivity index (χ3v) is 3.35. The number of benzene rings is 1. The predicted octanol–water partition coefficient (Wildman–Crippen LogP) is 2.13. The van der Waals surface area contributed by atoms with Gasteiger partial charge in [0, 0.05) is 19.6 Å². The zero-order valence-electron chi connectivity index (χ0n) is 10.9. The van der Waals surface area contributed by atoms with Crippen molar-refractivity contribution in [1.29, 1.82) is 0 Å². The fourth-order valence-corrected chi connectivity index (χ4v) is 2.35. The molecule has 0 spiro atoms. The molecule has 1 aromatic rings. The summed E-state index contributed by atoms with van der Waals surface area (Å²) in [5.41, 5.74) is 1.33. The third kappa shape index (κ3) is 4.00. The molecule has 0 bridgehead atoms. The summed E-state index contributed by atoms with van der Waals surface area (Å²) in [5.74, 6) is 1.05. The summed E-state index contributed by atoms with van der Waals surface area (Å²) >= 11 is 0. The molecule has 2 N–H and O–H groups in total. The molecule has 0 aromatic heterocycles. The Morgan fingerprint density at radius 2 is 2.00 bits per heavy atom. The van der Waals surface area contributed by atoms with Crippen LogP contribution in [0.15, 0.2) is 24.3 Å². The number of nitrogens with one attached hydrogen (secondary N) is 1. The van der Waals surface area contributed by atoms with Crippen LogP contribution in [0.4, 0.5) is 0 Å². The molecule has 1 unspecified atom stereocenters. The summed E-state index contributed by atoms with van der Waals surface area (Å²) in [6.45, 7) is 2.29. The number of hydrogen-bond donors (Lipinski definition) is 2. The lowest BCUT2D eigenvalue weighted by molar-refractivity contribution is 0.227. The molecule has 1 aliphatic rings. The summed E-state index contributed by atoms with van der Waals surface area (Å²) in [6.07, 6.45) is 5.75. The molecule has 0 saturated heterocycles. The SMILES string of the molecule is OCCCCCCNCC1Cc2ccccc2O1. The Morgan fingerprint density at radius 3 is 2.83 bits per heavy atom.